The van der Waals surface area contributed by atoms with Gasteiger partial charge >= 0.3 is 0 Å². The van der Waals surface area contributed by atoms with Crippen molar-refractivity contribution < 1.29 is 19.0 Å². The second-order valence-electron chi connectivity index (χ2n) is 6.88. The maximum atomic E-state index is 13.0. The molecule has 0 unspecified atom stereocenters. The Morgan fingerprint density at radius 2 is 1.77 bits per heavy atom. The molecule has 3 rings (SSSR count). The van der Waals surface area contributed by atoms with E-state index in [0.717, 1.165) is 16.0 Å². The molecule has 0 bridgehead atoms. The van der Waals surface area contributed by atoms with Crippen molar-refractivity contribution >= 4 is 45.0 Å². The fourth-order valence-electron chi connectivity index (χ4n) is 2.81. The van der Waals surface area contributed by atoms with E-state index < -0.39 is 0 Å². The molecule has 1 aromatic heterocycles. The van der Waals surface area contributed by atoms with E-state index in [-0.39, 0.29) is 24.9 Å². The molecule has 2 aromatic carbocycles. The van der Waals surface area contributed by atoms with Crippen LogP contribution in [0.25, 0.3) is 10.2 Å². The van der Waals surface area contributed by atoms with E-state index in [1.807, 2.05) is 56.3 Å². The molecule has 0 atom stereocenters. The van der Waals surface area contributed by atoms with Crippen LogP contribution in [0, 0.1) is 0 Å². The third-order valence-corrected chi connectivity index (χ3v) is 5.41. The maximum absolute atomic E-state index is 13.0. The highest BCUT2D eigenvalue weighted by molar-refractivity contribution is 7.22. The largest absolute Gasteiger partial charge is 0.497 e. The van der Waals surface area contributed by atoms with Gasteiger partial charge in [-0.1, -0.05) is 17.4 Å². The number of ether oxygens (including phenoxy) is 3. The molecule has 0 N–H and O–H groups in total. The van der Waals surface area contributed by atoms with E-state index in [0.29, 0.717) is 36.3 Å². The van der Waals surface area contributed by atoms with E-state index in [9.17, 15) is 4.79 Å². The summed E-state index contributed by atoms with van der Waals surface area (Å²) in [6.45, 7) is 3.70. The SMILES string of the molecule is CCOc1ccc2nc(N(CCN(C)C)C(=O)COc3cccc(OC)c3)sc2c1.Cl. The Balaban J connectivity index is 0.00000341. The van der Waals surface area contributed by atoms with Gasteiger partial charge in [0, 0.05) is 19.2 Å². The summed E-state index contributed by atoms with van der Waals surface area (Å²) >= 11 is 1.47. The van der Waals surface area contributed by atoms with Crippen LogP contribution in [0.1, 0.15) is 6.92 Å². The summed E-state index contributed by atoms with van der Waals surface area (Å²) in [5.41, 5.74) is 0.842. The summed E-state index contributed by atoms with van der Waals surface area (Å²) in [5.74, 6) is 1.91. The number of benzene rings is 2. The molecule has 0 spiro atoms. The highest BCUT2D eigenvalue weighted by Gasteiger charge is 2.21. The molecule has 0 aliphatic carbocycles. The smallest absolute Gasteiger partial charge is 0.266 e. The number of methoxy groups -OCH3 is 1. The molecule has 31 heavy (non-hydrogen) atoms. The minimum atomic E-state index is -0.149. The number of nitrogens with zero attached hydrogens (tertiary/aromatic N) is 3. The molecule has 168 valence electrons. The number of amides is 1. The van der Waals surface area contributed by atoms with Crippen LogP contribution in [0.4, 0.5) is 5.13 Å². The van der Waals surface area contributed by atoms with Crippen LogP contribution in [0.3, 0.4) is 0 Å². The first-order valence-corrected chi connectivity index (χ1v) is 10.6. The summed E-state index contributed by atoms with van der Waals surface area (Å²) in [5, 5.41) is 0.653. The average molecular weight is 466 g/mol. The number of halogens is 1. The third kappa shape index (κ3) is 6.72. The zero-order chi connectivity index (χ0) is 21.5. The van der Waals surface area contributed by atoms with Crippen LogP contribution >= 0.6 is 23.7 Å². The fraction of sp³-hybridized carbons (Fsp3) is 0.364. The zero-order valence-electron chi connectivity index (χ0n) is 18.2. The number of anilines is 1. The number of aromatic nitrogens is 1. The second-order valence-corrected chi connectivity index (χ2v) is 7.88. The monoisotopic (exact) mass is 465 g/mol. The molecule has 0 radical (unpaired) electrons. The Morgan fingerprint density at radius 1 is 1.03 bits per heavy atom. The highest BCUT2D eigenvalue weighted by atomic mass is 35.5. The lowest BCUT2D eigenvalue weighted by molar-refractivity contribution is -0.120. The van der Waals surface area contributed by atoms with Gasteiger partial charge in [0.2, 0.25) is 0 Å². The van der Waals surface area contributed by atoms with Crippen molar-refractivity contribution in [3.05, 3.63) is 42.5 Å². The van der Waals surface area contributed by atoms with Crippen LogP contribution < -0.4 is 19.1 Å². The Kier molecular flexibility index (Phi) is 9.36. The summed E-state index contributed by atoms with van der Waals surface area (Å²) in [7, 11) is 5.54. The molecule has 0 aliphatic rings. The van der Waals surface area contributed by atoms with E-state index in [1.165, 1.54) is 11.3 Å². The third-order valence-electron chi connectivity index (χ3n) is 4.37. The minimum Gasteiger partial charge on any atom is -0.497 e. The Bertz CT molecular complexity index is 996. The van der Waals surface area contributed by atoms with Crippen LogP contribution in [-0.2, 0) is 4.79 Å². The Hall–Kier alpha value is -2.55. The molecular formula is C22H28ClN3O4S. The van der Waals surface area contributed by atoms with E-state index in [1.54, 1.807) is 24.1 Å². The Morgan fingerprint density at radius 3 is 2.48 bits per heavy atom. The van der Waals surface area contributed by atoms with Crippen molar-refractivity contribution in [3.8, 4) is 17.2 Å². The predicted molar refractivity (Wildman–Crippen MR) is 127 cm³/mol. The minimum absolute atomic E-state index is 0. The molecule has 0 aliphatic heterocycles. The molecule has 1 amide bonds. The number of carbonyl (C=O) groups is 1. The standard InChI is InChI=1S/C22H27N3O4S.ClH/c1-5-28-18-9-10-19-20(14-18)30-22(23-19)25(12-11-24(2)3)21(26)15-29-17-8-6-7-16(13-17)27-4;/h6-10,13-14H,5,11-12,15H2,1-4H3;1H. The number of hydrogen-bond acceptors (Lipinski definition) is 7. The van der Waals surface area contributed by atoms with E-state index >= 15 is 0 Å². The number of thiazole rings is 1. The van der Waals surface area contributed by atoms with Crippen molar-refractivity contribution in [3.63, 3.8) is 0 Å². The predicted octanol–water partition coefficient (Wildman–Crippen LogP) is 4.10. The van der Waals surface area contributed by atoms with Gasteiger partial charge in [0.15, 0.2) is 11.7 Å². The molecule has 0 saturated carbocycles. The first-order chi connectivity index (χ1) is 14.5. The number of hydrogen-bond donors (Lipinski definition) is 0. The van der Waals surface area contributed by atoms with Gasteiger partial charge in [0.1, 0.15) is 17.2 Å². The zero-order valence-corrected chi connectivity index (χ0v) is 19.8. The van der Waals surface area contributed by atoms with Gasteiger partial charge in [-0.3, -0.25) is 9.69 Å². The summed E-state index contributed by atoms with van der Waals surface area (Å²) in [6, 6.07) is 13.0. The number of fused-ring (bicyclic) bond motifs is 1. The highest BCUT2D eigenvalue weighted by Crippen LogP contribution is 2.31. The normalized spacial score (nSPS) is 10.6. The summed E-state index contributed by atoms with van der Waals surface area (Å²) in [4.78, 5) is 21.4. The van der Waals surface area contributed by atoms with Crippen molar-refractivity contribution in [1.82, 2.24) is 9.88 Å². The van der Waals surface area contributed by atoms with Gasteiger partial charge in [-0.25, -0.2) is 4.98 Å². The van der Waals surface area contributed by atoms with Crippen LogP contribution in [0.15, 0.2) is 42.5 Å². The Labute approximate surface area is 192 Å². The van der Waals surface area contributed by atoms with Gasteiger partial charge in [0.25, 0.3) is 5.91 Å². The van der Waals surface area contributed by atoms with Crippen LogP contribution in [-0.4, -0.2) is 63.3 Å². The van der Waals surface area contributed by atoms with Gasteiger partial charge in [-0.05, 0) is 51.4 Å². The molecule has 3 aromatic rings. The van der Waals surface area contributed by atoms with Gasteiger partial charge < -0.3 is 19.1 Å². The van der Waals surface area contributed by atoms with Crippen molar-refractivity contribution in [2.75, 3.05) is 52.4 Å². The molecule has 0 saturated heterocycles. The second kappa shape index (κ2) is 11.7. The molecule has 1 heterocycles. The topological polar surface area (TPSA) is 64.1 Å². The van der Waals surface area contributed by atoms with Crippen molar-refractivity contribution in [2.45, 2.75) is 6.92 Å². The summed E-state index contributed by atoms with van der Waals surface area (Å²) in [6.07, 6.45) is 0. The fourth-order valence-corrected chi connectivity index (χ4v) is 3.84. The molecule has 9 heteroatoms. The lowest BCUT2D eigenvalue weighted by Crippen LogP contribution is -2.39. The molecule has 7 nitrogen and oxygen atoms in total. The molecular weight excluding hydrogens is 438 g/mol. The lowest BCUT2D eigenvalue weighted by Gasteiger charge is -2.22. The van der Waals surface area contributed by atoms with E-state index in [4.69, 9.17) is 14.2 Å². The first kappa shape index (κ1) is 24.7. The molecule has 0 fully saturated rings. The quantitative estimate of drug-likeness (QED) is 0.449. The summed E-state index contributed by atoms with van der Waals surface area (Å²) < 4.78 is 17.5. The maximum Gasteiger partial charge on any atom is 0.266 e. The average Bonchev–Trinajstić information content (AvgIpc) is 3.15. The number of carbonyl (C=O) groups excluding carboxylic acids is 1. The van der Waals surface area contributed by atoms with Crippen LogP contribution in [0.2, 0.25) is 0 Å². The van der Waals surface area contributed by atoms with Crippen molar-refractivity contribution in [2.24, 2.45) is 0 Å². The van der Waals surface area contributed by atoms with Gasteiger partial charge in [0.05, 0.1) is 23.9 Å². The number of rotatable bonds is 10. The number of likely N-dealkylation sites (N-methyl/N-ethyl adjacent to an activating group) is 1. The first-order valence-electron chi connectivity index (χ1n) is 9.75. The van der Waals surface area contributed by atoms with Crippen molar-refractivity contribution in [1.29, 1.82) is 0 Å². The van der Waals surface area contributed by atoms with E-state index in [2.05, 4.69) is 4.98 Å². The lowest BCUT2D eigenvalue weighted by atomic mass is 10.3. The van der Waals surface area contributed by atoms with Crippen LogP contribution in [0.5, 0.6) is 17.2 Å². The van der Waals surface area contributed by atoms with Gasteiger partial charge in [-0.2, -0.15) is 0 Å². The van der Waals surface area contributed by atoms with Gasteiger partial charge in [-0.15, -0.1) is 12.4 Å².